The van der Waals surface area contributed by atoms with Gasteiger partial charge in [-0.25, -0.2) is 13.8 Å². The maximum Gasteiger partial charge on any atom is 0.319 e. The first-order chi connectivity index (χ1) is 19.7. The molecule has 4 heterocycles. The molecular weight excluding hydrogens is 572 g/mol. The Kier molecular flexibility index (Phi) is 7.39. The van der Waals surface area contributed by atoms with E-state index < -0.39 is 11.6 Å². The molecule has 3 N–H and O–H groups in total. The zero-order valence-electron chi connectivity index (χ0n) is 22.3. The summed E-state index contributed by atoms with van der Waals surface area (Å²) in [7, 11) is 2.04. The third kappa shape index (κ3) is 5.15. The Morgan fingerprint density at radius 1 is 1.27 bits per heavy atom. The number of amides is 1. The minimum atomic E-state index is -0.713. The number of benzene rings is 2. The maximum absolute atomic E-state index is 16.5. The molecule has 2 fully saturated rings. The summed E-state index contributed by atoms with van der Waals surface area (Å²) >= 11 is 7.67. The number of nitrogens with one attached hydrogen (secondary N) is 1. The van der Waals surface area contributed by atoms with Gasteiger partial charge in [-0.2, -0.15) is 9.97 Å². The molecule has 214 valence electrons. The quantitative estimate of drug-likeness (QED) is 0.283. The van der Waals surface area contributed by atoms with E-state index in [0.29, 0.717) is 42.9 Å². The lowest BCUT2D eigenvalue weighted by Gasteiger charge is -2.21. The smallest absolute Gasteiger partial charge is 0.319 e. The van der Waals surface area contributed by atoms with Gasteiger partial charge in [0.2, 0.25) is 5.91 Å². The third-order valence-corrected chi connectivity index (χ3v) is 8.93. The number of carbonyl (C=O) groups is 1. The molecule has 2 aromatic carbocycles. The van der Waals surface area contributed by atoms with Crippen LogP contribution in [0.15, 0.2) is 30.9 Å². The molecule has 6 rings (SSSR count). The van der Waals surface area contributed by atoms with E-state index in [4.69, 9.17) is 22.1 Å². The van der Waals surface area contributed by atoms with E-state index in [-0.39, 0.29) is 55.5 Å². The molecule has 2 saturated heterocycles. The number of thiazole rings is 1. The van der Waals surface area contributed by atoms with Crippen LogP contribution in [0.3, 0.4) is 0 Å². The highest BCUT2D eigenvalue weighted by atomic mass is 35.5. The number of anilines is 2. The number of carbonyl (C=O) groups excluding carboxylic acids is 1. The second-order valence-corrected chi connectivity index (χ2v) is 11.8. The van der Waals surface area contributed by atoms with Crippen LogP contribution in [0.4, 0.5) is 19.7 Å². The predicted molar refractivity (Wildman–Crippen MR) is 157 cm³/mol. The van der Waals surface area contributed by atoms with Crippen molar-refractivity contribution in [1.29, 1.82) is 0 Å². The molecule has 2 aliphatic heterocycles. The Balaban J connectivity index is 1.44. The summed E-state index contributed by atoms with van der Waals surface area (Å²) in [6, 6.07) is 4.34. The van der Waals surface area contributed by atoms with Crippen molar-refractivity contribution in [2.24, 2.45) is 0 Å². The molecule has 0 radical (unpaired) electrons. The maximum atomic E-state index is 16.5. The second-order valence-electron chi connectivity index (χ2n) is 10.3. The molecule has 0 bridgehead atoms. The normalized spacial score (nSPS) is 19.4. The second kappa shape index (κ2) is 11.0. The molecule has 0 aliphatic carbocycles. The molecule has 2 aliphatic rings. The van der Waals surface area contributed by atoms with Gasteiger partial charge in [0.05, 0.1) is 15.2 Å². The molecule has 41 heavy (non-hydrogen) atoms. The number of halogens is 3. The van der Waals surface area contributed by atoms with E-state index >= 15 is 4.39 Å². The average molecular weight is 600 g/mol. The van der Waals surface area contributed by atoms with Crippen molar-refractivity contribution in [3.8, 4) is 17.1 Å². The number of ether oxygens (including phenoxy) is 1. The zero-order chi connectivity index (χ0) is 28.8. The summed E-state index contributed by atoms with van der Waals surface area (Å²) in [6.07, 6.45) is 4.01. The van der Waals surface area contributed by atoms with Crippen molar-refractivity contribution < 1.29 is 18.3 Å². The van der Waals surface area contributed by atoms with Gasteiger partial charge in [-0.3, -0.25) is 4.79 Å². The number of nitrogen functional groups attached to an aromatic ring is 1. The van der Waals surface area contributed by atoms with Crippen LogP contribution in [0.5, 0.6) is 6.01 Å². The lowest BCUT2D eigenvalue weighted by Crippen LogP contribution is -2.31. The molecule has 13 heteroatoms. The summed E-state index contributed by atoms with van der Waals surface area (Å²) in [5.41, 5.74) is 6.41. The highest BCUT2D eigenvalue weighted by Gasteiger charge is 2.28. The van der Waals surface area contributed by atoms with Crippen LogP contribution in [0, 0.1) is 11.6 Å². The van der Waals surface area contributed by atoms with Crippen molar-refractivity contribution in [2.45, 2.75) is 31.3 Å². The minimum absolute atomic E-state index is 0.00521. The zero-order valence-corrected chi connectivity index (χ0v) is 23.9. The van der Waals surface area contributed by atoms with Gasteiger partial charge in [0.1, 0.15) is 23.8 Å². The van der Waals surface area contributed by atoms with Crippen molar-refractivity contribution in [1.82, 2.24) is 24.8 Å². The fourth-order valence-electron chi connectivity index (χ4n) is 5.55. The molecule has 2 aromatic heterocycles. The summed E-state index contributed by atoms with van der Waals surface area (Å²) in [4.78, 5) is 29.3. The molecule has 0 spiro atoms. The number of hydrogen-bond donors (Lipinski definition) is 2. The Labute approximate surface area is 244 Å². The highest BCUT2D eigenvalue weighted by Crippen LogP contribution is 2.42. The average Bonchev–Trinajstić information content (AvgIpc) is 3.69. The first kappa shape index (κ1) is 27.6. The van der Waals surface area contributed by atoms with Crippen molar-refractivity contribution in [2.75, 3.05) is 44.3 Å². The Bertz CT molecular complexity index is 1680. The Hall–Kier alpha value is -3.61. The van der Waals surface area contributed by atoms with Crippen LogP contribution in [-0.2, 0) is 4.79 Å². The molecule has 2 atom stereocenters. The predicted octanol–water partition coefficient (Wildman–Crippen LogP) is 5.09. The van der Waals surface area contributed by atoms with Crippen molar-refractivity contribution in [3.05, 3.63) is 47.5 Å². The summed E-state index contributed by atoms with van der Waals surface area (Å²) < 4.78 is 37.2. The van der Waals surface area contributed by atoms with Gasteiger partial charge in [0, 0.05) is 41.7 Å². The van der Waals surface area contributed by atoms with Gasteiger partial charge >= 0.3 is 6.01 Å². The van der Waals surface area contributed by atoms with Gasteiger partial charge in [0.25, 0.3) is 0 Å². The lowest BCUT2D eigenvalue weighted by atomic mass is 10.0. The molecule has 9 nitrogen and oxygen atoms in total. The lowest BCUT2D eigenvalue weighted by molar-refractivity contribution is -0.125. The molecule has 4 aromatic rings. The summed E-state index contributed by atoms with van der Waals surface area (Å²) in [6.45, 7) is 5.88. The molecule has 0 saturated carbocycles. The van der Waals surface area contributed by atoms with E-state index in [9.17, 15) is 9.18 Å². The van der Waals surface area contributed by atoms with Gasteiger partial charge in [-0.15, -0.1) is 0 Å². The van der Waals surface area contributed by atoms with Crippen molar-refractivity contribution >= 4 is 60.9 Å². The van der Waals surface area contributed by atoms with Gasteiger partial charge in [-0.1, -0.05) is 29.5 Å². The topological polar surface area (TPSA) is 110 Å². The van der Waals surface area contributed by atoms with Crippen LogP contribution < -0.4 is 15.8 Å². The number of rotatable bonds is 7. The fourth-order valence-corrected chi connectivity index (χ4v) is 6.61. The summed E-state index contributed by atoms with van der Waals surface area (Å²) in [5.74, 6) is -1.02. The minimum Gasteiger partial charge on any atom is -0.462 e. The van der Waals surface area contributed by atoms with E-state index in [2.05, 4.69) is 31.7 Å². The van der Waals surface area contributed by atoms with Crippen LogP contribution >= 0.6 is 22.9 Å². The highest BCUT2D eigenvalue weighted by molar-refractivity contribution is 7.22. The molecule has 1 unspecified atom stereocenters. The van der Waals surface area contributed by atoms with Gasteiger partial charge in [0.15, 0.2) is 10.9 Å². The number of likely N-dealkylation sites (N-methyl/N-ethyl adjacent to an activating group) is 1. The molecule has 1 amide bonds. The van der Waals surface area contributed by atoms with Crippen LogP contribution in [0.2, 0.25) is 5.02 Å². The van der Waals surface area contributed by atoms with Gasteiger partial charge in [-0.05, 0) is 57.1 Å². The number of nitrogens with two attached hydrogens (primary N) is 1. The van der Waals surface area contributed by atoms with E-state index in [1.165, 1.54) is 18.2 Å². The fraction of sp³-hybridized carbons (Fsp3) is 0.357. The van der Waals surface area contributed by atoms with Crippen molar-refractivity contribution in [3.63, 3.8) is 0 Å². The van der Waals surface area contributed by atoms with E-state index in [1.54, 1.807) is 11.0 Å². The Morgan fingerprint density at radius 2 is 2.10 bits per heavy atom. The van der Waals surface area contributed by atoms with E-state index in [0.717, 1.165) is 30.7 Å². The first-order valence-corrected chi connectivity index (χ1v) is 14.5. The monoisotopic (exact) mass is 599 g/mol. The SMILES string of the molecule is C=CC(=O)N1CCC(Nc2nc(OC[C@@H]3CCCN3C)nc3c(F)c(-c4ccc(F)c5sc(N)nc45)c(Cl)cc23)C1. The number of nitrogens with zero attached hydrogens (tertiary/aromatic N) is 5. The number of hydrogen-bond acceptors (Lipinski definition) is 9. The number of aromatic nitrogens is 3. The van der Waals surface area contributed by atoms with Crippen LogP contribution in [-0.4, -0.2) is 76.0 Å². The van der Waals surface area contributed by atoms with E-state index in [1.807, 2.05) is 7.05 Å². The third-order valence-electron chi connectivity index (χ3n) is 7.74. The first-order valence-electron chi connectivity index (χ1n) is 13.3. The standard InChI is InChI=1S/C28H28ClF2N7O2S/c1-3-20(39)38-10-8-14(12-38)33-26-17-11-18(29)21(16-6-7-19(30)25-24(16)34-27(32)41-25)22(31)23(17)35-28(36-26)40-13-15-5-4-9-37(15)2/h3,6-7,11,14-15H,1,4-5,8-10,12-13H2,2H3,(H2,32,34)(H,33,35,36)/t14?,15-/m0/s1. The summed E-state index contributed by atoms with van der Waals surface area (Å²) in [5, 5.41) is 3.94. The van der Waals surface area contributed by atoms with Gasteiger partial charge < -0.3 is 25.6 Å². The van der Waals surface area contributed by atoms with Crippen LogP contribution in [0.1, 0.15) is 19.3 Å². The number of fused-ring (bicyclic) bond motifs is 2. The number of likely N-dealkylation sites (tertiary alicyclic amines) is 2. The molecular formula is C28H28ClF2N7O2S. The largest absolute Gasteiger partial charge is 0.462 e. The Morgan fingerprint density at radius 3 is 2.85 bits per heavy atom. The van der Waals surface area contributed by atoms with Crippen LogP contribution in [0.25, 0.3) is 32.2 Å².